The Bertz CT molecular complexity index is 330. The van der Waals surface area contributed by atoms with Crippen molar-refractivity contribution in [2.45, 2.75) is 18.6 Å². The molecule has 0 aromatic carbocycles. The molecule has 0 amide bonds. The number of nitrogens with two attached hydrogens (primary N) is 1. The lowest BCUT2D eigenvalue weighted by molar-refractivity contribution is 0.0968. The number of β-amino-alcohol motifs (C(OH)–C–C–N with tert-alkyl or cyclic N) is 2. The monoisotopic (exact) mass is 253 g/mol. The van der Waals surface area contributed by atoms with Crippen LogP contribution in [0.1, 0.15) is 6.42 Å². The van der Waals surface area contributed by atoms with Crippen molar-refractivity contribution in [1.29, 1.82) is 0 Å². The second-order valence-corrected chi connectivity index (χ2v) is 5.04. The fourth-order valence-corrected chi connectivity index (χ4v) is 2.62. The van der Waals surface area contributed by atoms with E-state index in [1.807, 2.05) is 12.2 Å². The smallest absolute Gasteiger partial charge is 0.0794 e. The highest BCUT2D eigenvalue weighted by Gasteiger charge is 2.25. The lowest BCUT2D eigenvalue weighted by Crippen LogP contribution is -2.40. The van der Waals surface area contributed by atoms with Gasteiger partial charge in [0.2, 0.25) is 0 Å². The van der Waals surface area contributed by atoms with Gasteiger partial charge in [0, 0.05) is 44.5 Å². The van der Waals surface area contributed by atoms with E-state index in [1.165, 1.54) is 0 Å². The Kier molecular flexibility index (Phi) is 4.77. The van der Waals surface area contributed by atoms with Gasteiger partial charge in [0.25, 0.3) is 0 Å². The van der Waals surface area contributed by atoms with E-state index in [-0.39, 0.29) is 12.7 Å². The van der Waals surface area contributed by atoms with E-state index in [0.717, 1.165) is 25.2 Å². The summed E-state index contributed by atoms with van der Waals surface area (Å²) in [5.74, 6) is 0. The number of nitrogens with zero attached hydrogens (tertiary/aromatic N) is 2. The second kappa shape index (κ2) is 6.33. The molecular formula is C13H23N3O2. The van der Waals surface area contributed by atoms with E-state index in [9.17, 15) is 5.11 Å². The predicted octanol–water partition coefficient (Wildman–Crippen LogP) is -0.872. The molecule has 1 heterocycles. The number of aliphatic hydroxyl groups is 2. The number of allylic oxidation sites excluding steroid dienone is 1. The highest BCUT2D eigenvalue weighted by atomic mass is 16.3. The van der Waals surface area contributed by atoms with Crippen LogP contribution in [-0.4, -0.2) is 71.5 Å². The summed E-state index contributed by atoms with van der Waals surface area (Å²) >= 11 is 0. The van der Waals surface area contributed by atoms with Gasteiger partial charge < -0.3 is 15.9 Å². The van der Waals surface area contributed by atoms with Crippen LogP contribution in [-0.2, 0) is 0 Å². The largest absolute Gasteiger partial charge is 0.399 e. The number of hydrogen-bond acceptors (Lipinski definition) is 5. The number of rotatable bonds is 3. The molecule has 18 heavy (non-hydrogen) atoms. The van der Waals surface area contributed by atoms with Crippen LogP contribution in [0.15, 0.2) is 23.9 Å². The quantitative estimate of drug-likeness (QED) is 0.610. The molecule has 0 radical (unpaired) electrons. The van der Waals surface area contributed by atoms with E-state index < -0.39 is 0 Å². The van der Waals surface area contributed by atoms with Gasteiger partial charge in [-0.1, -0.05) is 12.2 Å². The molecule has 1 saturated heterocycles. The fourth-order valence-electron chi connectivity index (χ4n) is 2.62. The van der Waals surface area contributed by atoms with Gasteiger partial charge in [0.1, 0.15) is 0 Å². The Morgan fingerprint density at radius 1 is 1.33 bits per heavy atom. The normalized spacial score (nSPS) is 31.1. The van der Waals surface area contributed by atoms with Crippen molar-refractivity contribution < 1.29 is 10.2 Å². The van der Waals surface area contributed by atoms with E-state index >= 15 is 0 Å². The van der Waals surface area contributed by atoms with Gasteiger partial charge in [-0.05, 0) is 12.5 Å². The molecule has 1 aliphatic heterocycles. The van der Waals surface area contributed by atoms with Crippen LogP contribution >= 0.6 is 0 Å². The lowest BCUT2D eigenvalue weighted by Gasteiger charge is -2.30. The van der Waals surface area contributed by atoms with Crippen molar-refractivity contribution >= 4 is 0 Å². The maximum Gasteiger partial charge on any atom is 0.0794 e. The zero-order valence-corrected chi connectivity index (χ0v) is 10.7. The molecule has 2 unspecified atom stereocenters. The van der Waals surface area contributed by atoms with Gasteiger partial charge in [-0.15, -0.1) is 0 Å². The first-order valence-corrected chi connectivity index (χ1v) is 6.58. The minimum Gasteiger partial charge on any atom is -0.399 e. The molecule has 0 aromatic heterocycles. The van der Waals surface area contributed by atoms with Gasteiger partial charge in [-0.25, -0.2) is 0 Å². The van der Waals surface area contributed by atoms with E-state index in [0.29, 0.717) is 25.7 Å². The Labute approximate surface area is 108 Å². The molecule has 5 nitrogen and oxygen atoms in total. The van der Waals surface area contributed by atoms with Crippen molar-refractivity contribution in [2.75, 3.05) is 39.3 Å². The van der Waals surface area contributed by atoms with Gasteiger partial charge >= 0.3 is 0 Å². The van der Waals surface area contributed by atoms with Crippen molar-refractivity contribution in [2.24, 2.45) is 5.73 Å². The Balaban J connectivity index is 1.92. The highest BCUT2D eigenvalue weighted by Crippen LogP contribution is 2.16. The zero-order chi connectivity index (χ0) is 13.0. The fraction of sp³-hybridized carbons (Fsp3) is 0.692. The molecular weight excluding hydrogens is 230 g/mol. The summed E-state index contributed by atoms with van der Waals surface area (Å²) < 4.78 is 0. The van der Waals surface area contributed by atoms with Crippen LogP contribution in [0.2, 0.25) is 0 Å². The van der Waals surface area contributed by atoms with Crippen LogP contribution in [0.5, 0.6) is 0 Å². The van der Waals surface area contributed by atoms with Gasteiger partial charge in [0.05, 0.1) is 12.7 Å². The molecule has 2 aliphatic rings. The van der Waals surface area contributed by atoms with E-state index in [2.05, 4.69) is 15.9 Å². The van der Waals surface area contributed by atoms with Crippen molar-refractivity contribution in [3.63, 3.8) is 0 Å². The number of aliphatic hydroxyl groups excluding tert-OH is 2. The summed E-state index contributed by atoms with van der Waals surface area (Å²) in [6.45, 7) is 3.92. The van der Waals surface area contributed by atoms with Crippen molar-refractivity contribution in [1.82, 2.24) is 9.80 Å². The first-order valence-electron chi connectivity index (χ1n) is 6.58. The molecule has 2 rings (SSSR count). The Morgan fingerprint density at radius 3 is 2.83 bits per heavy atom. The third-order valence-corrected chi connectivity index (χ3v) is 3.61. The maximum absolute atomic E-state index is 10.0. The first kappa shape index (κ1) is 13.5. The van der Waals surface area contributed by atoms with Crippen LogP contribution in [0, 0.1) is 0 Å². The molecule has 0 bridgehead atoms. The standard InChI is InChI=1S/C13H23N3O2/c14-11-1-3-12(4-2-11)16-6-5-15(7-8-17)9-13(18)10-16/h1-3,12-13,17-18H,4-10,14H2. The molecule has 1 fully saturated rings. The molecule has 102 valence electrons. The average Bonchev–Trinajstić information content (AvgIpc) is 2.52. The molecule has 4 N–H and O–H groups in total. The molecule has 0 spiro atoms. The Hall–Kier alpha value is -0.880. The summed E-state index contributed by atoms with van der Waals surface area (Å²) in [5, 5.41) is 19.0. The van der Waals surface area contributed by atoms with Crippen LogP contribution in [0.4, 0.5) is 0 Å². The summed E-state index contributed by atoms with van der Waals surface area (Å²) in [4.78, 5) is 4.41. The summed E-state index contributed by atoms with van der Waals surface area (Å²) in [6, 6.07) is 0.334. The maximum atomic E-state index is 10.0. The average molecular weight is 253 g/mol. The third-order valence-electron chi connectivity index (χ3n) is 3.61. The van der Waals surface area contributed by atoms with Crippen LogP contribution in [0.25, 0.3) is 0 Å². The second-order valence-electron chi connectivity index (χ2n) is 5.04. The zero-order valence-electron chi connectivity index (χ0n) is 10.7. The summed E-state index contributed by atoms with van der Waals surface area (Å²) in [6.07, 6.45) is 6.65. The molecule has 1 aliphatic carbocycles. The van der Waals surface area contributed by atoms with E-state index in [4.69, 9.17) is 10.8 Å². The predicted molar refractivity (Wildman–Crippen MR) is 70.9 cm³/mol. The molecule has 0 aromatic rings. The van der Waals surface area contributed by atoms with Gasteiger partial charge in [-0.2, -0.15) is 0 Å². The SMILES string of the molecule is NC1=CCC(N2CCN(CCO)CC(O)C2)C=C1. The topological polar surface area (TPSA) is 73.0 Å². The highest BCUT2D eigenvalue weighted by molar-refractivity contribution is 5.22. The van der Waals surface area contributed by atoms with Crippen molar-refractivity contribution in [3.05, 3.63) is 23.9 Å². The van der Waals surface area contributed by atoms with Crippen LogP contribution < -0.4 is 5.73 Å². The van der Waals surface area contributed by atoms with Gasteiger partial charge in [0.15, 0.2) is 0 Å². The molecule has 2 atom stereocenters. The Morgan fingerprint density at radius 2 is 2.17 bits per heavy atom. The van der Waals surface area contributed by atoms with Gasteiger partial charge in [-0.3, -0.25) is 9.80 Å². The summed E-state index contributed by atoms with van der Waals surface area (Å²) in [5.41, 5.74) is 6.54. The lowest BCUT2D eigenvalue weighted by atomic mass is 10.1. The molecule has 5 heteroatoms. The van der Waals surface area contributed by atoms with E-state index in [1.54, 1.807) is 0 Å². The van der Waals surface area contributed by atoms with Crippen LogP contribution in [0.3, 0.4) is 0 Å². The first-order chi connectivity index (χ1) is 8.69. The van der Waals surface area contributed by atoms with Crippen molar-refractivity contribution in [3.8, 4) is 0 Å². The number of hydrogen-bond donors (Lipinski definition) is 3. The minimum atomic E-state index is -0.351. The minimum absolute atomic E-state index is 0.148. The third kappa shape index (κ3) is 3.55. The summed E-state index contributed by atoms with van der Waals surface area (Å²) in [7, 11) is 0. The molecule has 0 saturated carbocycles.